The molecule has 0 fully saturated rings. The summed E-state index contributed by atoms with van der Waals surface area (Å²) in [4.78, 5) is -0.0810. The highest BCUT2D eigenvalue weighted by atomic mass is 79.9. The highest BCUT2D eigenvalue weighted by Crippen LogP contribution is 2.44. The minimum absolute atomic E-state index is 0.0810. The molecule has 0 spiro atoms. The Morgan fingerprint density at radius 2 is 1.57 bits per heavy atom. The first-order chi connectivity index (χ1) is 9.97. The topological polar surface area (TPSA) is 18.5 Å². The smallest absolute Gasteiger partial charge is 0.133 e. The number of ether oxygens (including phenoxy) is 2. The van der Waals surface area contributed by atoms with Crippen molar-refractivity contribution in [1.82, 2.24) is 0 Å². The Balaban J connectivity index is 2.56. The highest BCUT2D eigenvalue weighted by Gasteiger charge is 2.20. The van der Waals surface area contributed by atoms with Crippen LogP contribution >= 0.6 is 59.4 Å². The third-order valence-corrected chi connectivity index (χ3v) is 5.57. The van der Waals surface area contributed by atoms with Crippen LogP contribution in [-0.4, -0.2) is 14.2 Å². The zero-order valence-electron chi connectivity index (χ0n) is 11.3. The van der Waals surface area contributed by atoms with Gasteiger partial charge in [-0.1, -0.05) is 43.5 Å². The highest BCUT2D eigenvalue weighted by molar-refractivity contribution is 9.11. The van der Waals surface area contributed by atoms with Crippen LogP contribution in [0.2, 0.25) is 5.02 Å². The lowest BCUT2D eigenvalue weighted by Gasteiger charge is -2.18. The molecule has 2 nitrogen and oxygen atoms in total. The maximum atomic E-state index is 6.10. The molecule has 0 bridgehead atoms. The zero-order valence-corrected chi connectivity index (χ0v) is 16.8. The fraction of sp³-hybridized carbons (Fsp3) is 0.200. The molecule has 2 aromatic rings. The monoisotopic (exact) mass is 496 g/mol. The van der Waals surface area contributed by atoms with Gasteiger partial charge in [-0.05, 0) is 51.8 Å². The summed E-state index contributed by atoms with van der Waals surface area (Å²) < 4.78 is 12.7. The molecular weight excluding hydrogens is 487 g/mol. The summed E-state index contributed by atoms with van der Waals surface area (Å²) in [5, 5.41) is 0.681. The second-order valence-corrected chi connectivity index (χ2v) is 7.32. The van der Waals surface area contributed by atoms with Gasteiger partial charge in [0.05, 0.1) is 23.5 Å². The summed E-state index contributed by atoms with van der Waals surface area (Å²) in [5.74, 6) is 1.50. The Hall–Kier alpha value is -0.230. The van der Waals surface area contributed by atoms with Crippen LogP contribution in [0, 0.1) is 0 Å². The van der Waals surface area contributed by atoms with E-state index >= 15 is 0 Å². The molecule has 2 aromatic carbocycles. The number of hydrogen-bond acceptors (Lipinski definition) is 2. The normalized spacial score (nSPS) is 12.1. The van der Waals surface area contributed by atoms with E-state index in [2.05, 4.69) is 47.8 Å². The van der Waals surface area contributed by atoms with E-state index in [0.29, 0.717) is 5.02 Å². The molecule has 0 radical (unpaired) electrons. The van der Waals surface area contributed by atoms with E-state index in [9.17, 15) is 0 Å². The number of benzene rings is 2. The van der Waals surface area contributed by atoms with Crippen molar-refractivity contribution in [3.63, 3.8) is 0 Å². The SMILES string of the molecule is COc1cc(C(Br)c2cc(Cl)ccc2Br)c(OC)cc1Br. The quantitative estimate of drug-likeness (QED) is 0.456. The van der Waals surface area contributed by atoms with Gasteiger partial charge in [0, 0.05) is 15.1 Å². The molecule has 1 atom stereocenters. The van der Waals surface area contributed by atoms with Crippen LogP contribution in [0.3, 0.4) is 0 Å². The van der Waals surface area contributed by atoms with Crippen molar-refractivity contribution in [2.24, 2.45) is 0 Å². The summed E-state index contributed by atoms with van der Waals surface area (Å²) in [6.45, 7) is 0. The van der Waals surface area contributed by atoms with Gasteiger partial charge in [-0.2, -0.15) is 0 Å². The molecule has 0 saturated carbocycles. The summed E-state index contributed by atoms with van der Waals surface area (Å²) in [5.41, 5.74) is 1.98. The van der Waals surface area contributed by atoms with Crippen LogP contribution in [0.15, 0.2) is 39.3 Å². The minimum Gasteiger partial charge on any atom is -0.496 e. The van der Waals surface area contributed by atoms with Crippen molar-refractivity contribution >= 4 is 59.4 Å². The first kappa shape index (κ1) is 17.1. The molecule has 0 aromatic heterocycles. The predicted octanol–water partition coefficient (Wildman–Crippen LogP) is 6.37. The molecule has 2 rings (SSSR count). The van der Waals surface area contributed by atoms with Crippen LogP contribution in [0.25, 0.3) is 0 Å². The van der Waals surface area contributed by atoms with E-state index in [1.54, 1.807) is 14.2 Å². The number of hydrogen-bond donors (Lipinski definition) is 0. The van der Waals surface area contributed by atoms with Crippen LogP contribution < -0.4 is 9.47 Å². The van der Waals surface area contributed by atoms with Gasteiger partial charge < -0.3 is 9.47 Å². The van der Waals surface area contributed by atoms with Crippen LogP contribution in [0.4, 0.5) is 0 Å². The zero-order chi connectivity index (χ0) is 15.6. The van der Waals surface area contributed by atoms with Gasteiger partial charge in [0.1, 0.15) is 11.5 Å². The van der Waals surface area contributed by atoms with Crippen LogP contribution in [0.5, 0.6) is 11.5 Å². The molecule has 0 N–H and O–H groups in total. The van der Waals surface area contributed by atoms with E-state index in [1.165, 1.54) is 0 Å². The fourth-order valence-corrected chi connectivity index (χ4v) is 4.14. The van der Waals surface area contributed by atoms with Crippen molar-refractivity contribution < 1.29 is 9.47 Å². The maximum Gasteiger partial charge on any atom is 0.133 e. The van der Waals surface area contributed by atoms with E-state index in [1.807, 2.05) is 30.3 Å². The Morgan fingerprint density at radius 3 is 2.19 bits per heavy atom. The molecule has 0 aliphatic heterocycles. The lowest BCUT2D eigenvalue weighted by molar-refractivity contribution is 0.397. The largest absolute Gasteiger partial charge is 0.496 e. The van der Waals surface area contributed by atoms with Crippen LogP contribution in [-0.2, 0) is 0 Å². The lowest BCUT2D eigenvalue weighted by Crippen LogP contribution is -2.00. The second kappa shape index (κ2) is 7.36. The van der Waals surface area contributed by atoms with E-state index < -0.39 is 0 Å². The molecule has 0 amide bonds. The van der Waals surface area contributed by atoms with Gasteiger partial charge >= 0.3 is 0 Å². The van der Waals surface area contributed by atoms with Gasteiger partial charge in [0.2, 0.25) is 0 Å². The van der Waals surface area contributed by atoms with Crippen molar-refractivity contribution in [1.29, 1.82) is 0 Å². The first-order valence-electron chi connectivity index (χ1n) is 5.98. The standard InChI is InChI=1S/C15H12Br3ClO2/c1-20-13-7-12(17)14(21-2)6-10(13)15(18)9-5-8(19)3-4-11(9)16/h3-7,15H,1-2H3. The van der Waals surface area contributed by atoms with Gasteiger partial charge in [-0.25, -0.2) is 0 Å². The average molecular weight is 499 g/mol. The molecule has 6 heteroatoms. The number of rotatable bonds is 4. The Kier molecular flexibility index (Phi) is 6.00. The molecule has 0 heterocycles. The molecule has 21 heavy (non-hydrogen) atoms. The summed E-state index contributed by atoms with van der Waals surface area (Å²) in [7, 11) is 3.28. The third-order valence-electron chi connectivity index (χ3n) is 3.01. The van der Waals surface area contributed by atoms with Gasteiger partial charge in [-0.15, -0.1) is 0 Å². The molecule has 0 aliphatic carbocycles. The van der Waals surface area contributed by atoms with E-state index in [-0.39, 0.29) is 4.83 Å². The number of halogens is 4. The molecule has 1 unspecified atom stereocenters. The van der Waals surface area contributed by atoms with Gasteiger partial charge in [0.15, 0.2) is 0 Å². The van der Waals surface area contributed by atoms with Crippen molar-refractivity contribution in [3.8, 4) is 11.5 Å². The van der Waals surface area contributed by atoms with E-state index in [0.717, 1.165) is 31.6 Å². The van der Waals surface area contributed by atoms with Crippen molar-refractivity contribution in [3.05, 3.63) is 55.4 Å². The first-order valence-corrected chi connectivity index (χ1v) is 8.86. The predicted molar refractivity (Wildman–Crippen MR) is 97.2 cm³/mol. The summed E-state index contributed by atoms with van der Waals surface area (Å²) in [6.07, 6.45) is 0. The Labute approximate surface area is 154 Å². The molecule has 0 saturated heterocycles. The van der Waals surface area contributed by atoms with E-state index in [4.69, 9.17) is 21.1 Å². The Bertz CT molecular complexity index is 662. The summed E-state index contributed by atoms with van der Waals surface area (Å²) in [6, 6.07) is 9.51. The average Bonchev–Trinajstić information content (AvgIpc) is 2.48. The lowest BCUT2D eigenvalue weighted by atomic mass is 10.0. The molecular formula is C15H12Br3ClO2. The number of methoxy groups -OCH3 is 2. The maximum absolute atomic E-state index is 6.10. The van der Waals surface area contributed by atoms with Gasteiger partial charge in [0.25, 0.3) is 0 Å². The second-order valence-electron chi connectivity index (χ2n) is 4.26. The molecule has 0 aliphatic rings. The van der Waals surface area contributed by atoms with Crippen molar-refractivity contribution in [2.45, 2.75) is 4.83 Å². The van der Waals surface area contributed by atoms with Crippen LogP contribution in [0.1, 0.15) is 16.0 Å². The third kappa shape index (κ3) is 3.76. The fourth-order valence-electron chi connectivity index (χ4n) is 1.96. The Morgan fingerprint density at radius 1 is 0.905 bits per heavy atom. The van der Waals surface area contributed by atoms with Crippen molar-refractivity contribution in [2.75, 3.05) is 14.2 Å². The van der Waals surface area contributed by atoms with Gasteiger partial charge in [-0.3, -0.25) is 0 Å². The number of alkyl halides is 1. The summed E-state index contributed by atoms with van der Waals surface area (Å²) >= 11 is 16.8. The molecule has 112 valence electrons. The minimum atomic E-state index is -0.0810.